The first-order chi connectivity index (χ1) is 14.5. The first-order valence-electron chi connectivity index (χ1n) is 11.1. The standard InChI is InChI=1S/C25H38N2O3Si/c1-17-11-24(26-15-19-9-10-20(28-5)14-23(19)29-6)27-22-13-18(12-21(17)22)16-30-31(7,8)25(2,3)4/h9-11,14,18H,12-13,15-16H2,1-8H3,(H,26,27). The molecule has 31 heavy (non-hydrogen) atoms. The molecule has 0 saturated carbocycles. The van der Waals surface area contributed by atoms with E-state index in [1.165, 1.54) is 16.8 Å². The second-order valence-electron chi connectivity index (χ2n) is 10.1. The summed E-state index contributed by atoms with van der Waals surface area (Å²) in [5.74, 6) is 3.04. The van der Waals surface area contributed by atoms with Crippen LogP contribution in [-0.2, 0) is 23.8 Å². The van der Waals surface area contributed by atoms with Crippen LogP contribution in [0, 0.1) is 12.8 Å². The Kier molecular flexibility index (Phi) is 7.01. The number of benzene rings is 1. The molecule has 0 aliphatic heterocycles. The summed E-state index contributed by atoms with van der Waals surface area (Å²) in [5.41, 5.74) is 5.00. The Hall–Kier alpha value is -2.05. The van der Waals surface area contributed by atoms with Gasteiger partial charge in [0.2, 0.25) is 0 Å². The van der Waals surface area contributed by atoms with Crippen LogP contribution in [0.25, 0.3) is 0 Å². The summed E-state index contributed by atoms with van der Waals surface area (Å²) >= 11 is 0. The maximum Gasteiger partial charge on any atom is 0.191 e. The maximum absolute atomic E-state index is 6.50. The zero-order chi connectivity index (χ0) is 22.8. The molecular formula is C25H38N2O3Si. The van der Waals surface area contributed by atoms with Crippen molar-refractivity contribution in [1.82, 2.24) is 4.98 Å². The number of fused-ring (bicyclic) bond motifs is 1. The lowest BCUT2D eigenvalue weighted by Gasteiger charge is -2.37. The molecule has 0 bridgehead atoms. The van der Waals surface area contributed by atoms with E-state index in [0.29, 0.717) is 12.5 Å². The third-order valence-corrected chi connectivity index (χ3v) is 11.3. The van der Waals surface area contributed by atoms with E-state index < -0.39 is 8.32 Å². The minimum absolute atomic E-state index is 0.242. The van der Waals surface area contributed by atoms with Crippen LogP contribution in [0.1, 0.15) is 43.2 Å². The molecule has 1 aromatic carbocycles. The van der Waals surface area contributed by atoms with Gasteiger partial charge in [0.1, 0.15) is 17.3 Å². The summed E-state index contributed by atoms with van der Waals surface area (Å²) in [6, 6.07) is 8.05. The zero-order valence-electron chi connectivity index (χ0n) is 20.4. The second kappa shape index (κ2) is 9.21. The highest BCUT2D eigenvalue weighted by Crippen LogP contribution is 2.38. The summed E-state index contributed by atoms with van der Waals surface area (Å²) in [5, 5.41) is 3.72. The predicted octanol–water partition coefficient (Wildman–Crippen LogP) is 5.76. The van der Waals surface area contributed by atoms with Crippen LogP contribution in [0.4, 0.5) is 5.82 Å². The van der Waals surface area contributed by atoms with Gasteiger partial charge in [0.25, 0.3) is 0 Å². The molecule has 0 saturated heterocycles. The van der Waals surface area contributed by atoms with Crippen molar-refractivity contribution >= 4 is 14.1 Å². The molecule has 1 aliphatic rings. The normalized spacial score (nSPS) is 16.2. The molecule has 0 amide bonds. The fraction of sp³-hybridized carbons (Fsp3) is 0.560. The van der Waals surface area contributed by atoms with Gasteiger partial charge in [-0.2, -0.15) is 0 Å². The fourth-order valence-electron chi connectivity index (χ4n) is 3.78. The number of ether oxygens (including phenoxy) is 2. The van der Waals surface area contributed by atoms with Crippen molar-refractivity contribution in [3.63, 3.8) is 0 Å². The van der Waals surface area contributed by atoms with Crippen LogP contribution >= 0.6 is 0 Å². The Morgan fingerprint density at radius 1 is 1.10 bits per heavy atom. The van der Waals surface area contributed by atoms with Crippen molar-refractivity contribution in [3.8, 4) is 11.5 Å². The van der Waals surface area contributed by atoms with Gasteiger partial charge in [0.15, 0.2) is 8.32 Å². The average molecular weight is 443 g/mol. The number of rotatable bonds is 8. The number of aryl methyl sites for hydroxylation is 1. The molecule has 1 aromatic heterocycles. The first kappa shape index (κ1) is 23.6. The third kappa shape index (κ3) is 5.41. The minimum Gasteiger partial charge on any atom is -0.497 e. The van der Waals surface area contributed by atoms with Crippen LogP contribution in [0.3, 0.4) is 0 Å². The van der Waals surface area contributed by atoms with Crippen LogP contribution in [-0.4, -0.2) is 34.1 Å². The number of nitrogens with one attached hydrogen (secondary N) is 1. The average Bonchev–Trinajstić information content (AvgIpc) is 3.13. The van der Waals surface area contributed by atoms with E-state index in [0.717, 1.165) is 42.3 Å². The number of aromatic nitrogens is 1. The summed E-state index contributed by atoms with van der Waals surface area (Å²) in [4.78, 5) is 4.94. The zero-order valence-corrected chi connectivity index (χ0v) is 21.4. The Bertz CT molecular complexity index is 922. The van der Waals surface area contributed by atoms with Crippen molar-refractivity contribution in [2.45, 2.75) is 65.2 Å². The van der Waals surface area contributed by atoms with Crippen molar-refractivity contribution in [1.29, 1.82) is 0 Å². The summed E-state index contributed by atoms with van der Waals surface area (Å²) in [6.45, 7) is 15.2. The molecule has 170 valence electrons. The maximum atomic E-state index is 6.50. The summed E-state index contributed by atoms with van der Waals surface area (Å²) in [7, 11) is 1.62. The molecule has 1 N–H and O–H groups in total. The van der Waals surface area contributed by atoms with Crippen LogP contribution in [0.2, 0.25) is 18.1 Å². The Labute approximate surface area is 188 Å². The fourth-order valence-corrected chi connectivity index (χ4v) is 4.87. The van der Waals surface area contributed by atoms with Gasteiger partial charge in [-0.3, -0.25) is 0 Å². The number of nitrogens with zero attached hydrogens (tertiary/aromatic N) is 1. The largest absolute Gasteiger partial charge is 0.497 e. The lowest BCUT2D eigenvalue weighted by Crippen LogP contribution is -2.42. The highest BCUT2D eigenvalue weighted by molar-refractivity contribution is 6.74. The second-order valence-corrected chi connectivity index (χ2v) is 14.9. The molecular weight excluding hydrogens is 404 g/mol. The van der Waals surface area contributed by atoms with E-state index in [2.05, 4.69) is 52.2 Å². The van der Waals surface area contributed by atoms with Crippen molar-refractivity contribution in [3.05, 3.63) is 46.6 Å². The number of anilines is 1. The lowest BCUT2D eigenvalue weighted by molar-refractivity contribution is 0.232. The van der Waals surface area contributed by atoms with E-state index in [-0.39, 0.29) is 5.04 Å². The van der Waals surface area contributed by atoms with Gasteiger partial charge in [-0.15, -0.1) is 0 Å². The molecule has 1 heterocycles. The van der Waals surface area contributed by atoms with Gasteiger partial charge in [-0.05, 0) is 73.1 Å². The minimum atomic E-state index is -1.72. The molecule has 6 heteroatoms. The molecule has 1 aliphatic carbocycles. The molecule has 0 radical (unpaired) electrons. The number of methoxy groups -OCH3 is 2. The van der Waals surface area contributed by atoms with Crippen LogP contribution < -0.4 is 14.8 Å². The lowest BCUT2D eigenvalue weighted by atomic mass is 10.1. The SMILES string of the molecule is COc1ccc(CNc2cc(C)c3c(n2)CC(CO[Si](C)(C)C(C)(C)C)C3)c(OC)c1. The van der Waals surface area contributed by atoms with Crippen LogP contribution in [0.15, 0.2) is 24.3 Å². The van der Waals surface area contributed by atoms with Crippen molar-refractivity contribution < 1.29 is 13.9 Å². The molecule has 3 rings (SSSR count). The van der Waals surface area contributed by atoms with Gasteiger partial charge in [-0.1, -0.05) is 20.8 Å². The van der Waals surface area contributed by atoms with E-state index in [4.69, 9.17) is 18.9 Å². The van der Waals surface area contributed by atoms with E-state index >= 15 is 0 Å². The predicted molar refractivity (Wildman–Crippen MR) is 130 cm³/mol. The summed E-state index contributed by atoms with van der Waals surface area (Å²) in [6.07, 6.45) is 2.06. The number of hydrogen-bond acceptors (Lipinski definition) is 5. The highest BCUT2D eigenvalue weighted by atomic mass is 28.4. The van der Waals surface area contributed by atoms with Gasteiger partial charge < -0.3 is 19.2 Å². The Balaban J connectivity index is 1.65. The van der Waals surface area contributed by atoms with Gasteiger partial charge >= 0.3 is 0 Å². The monoisotopic (exact) mass is 442 g/mol. The van der Waals surface area contributed by atoms with Crippen LogP contribution in [0.5, 0.6) is 11.5 Å². The smallest absolute Gasteiger partial charge is 0.191 e. The van der Waals surface area contributed by atoms with E-state index in [1.807, 2.05) is 18.2 Å². The summed E-state index contributed by atoms with van der Waals surface area (Å²) < 4.78 is 17.3. The molecule has 1 atom stereocenters. The highest BCUT2D eigenvalue weighted by Gasteiger charge is 2.38. The first-order valence-corrected chi connectivity index (χ1v) is 14.0. The molecule has 0 spiro atoms. The van der Waals surface area contributed by atoms with E-state index in [1.54, 1.807) is 14.2 Å². The molecule has 5 nitrogen and oxygen atoms in total. The number of hydrogen-bond donors (Lipinski definition) is 1. The third-order valence-electron chi connectivity index (χ3n) is 6.85. The van der Waals surface area contributed by atoms with Gasteiger partial charge in [0.05, 0.1) is 14.2 Å². The topological polar surface area (TPSA) is 52.6 Å². The quantitative estimate of drug-likeness (QED) is 0.527. The molecule has 2 aromatic rings. The van der Waals surface area contributed by atoms with E-state index in [9.17, 15) is 0 Å². The van der Waals surface area contributed by atoms with Crippen molar-refractivity contribution in [2.75, 3.05) is 26.1 Å². The Morgan fingerprint density at radius 2 is 1.84 bits per heavy atom. The van der Waals surface area contributed by atoms with Gasteiger partial charge in [-0.25, -0.2) is 4.98 Å². The van der Waals surface area contributed by atoms with Crippen molar-refractivity contribution in [2.24, 2.45) is 5.92 Å². The Morgan fingerprint density at radius 3 is 2.48 bits per heavy atom. The molecule has 1 unspecified atom stereocenters. The molecule has 0 fully saturated rings. The van der Waals surface area contributed by atoms with Gasteiger partial charge in [0, 0.05) is 30.5 Å². The number of pyridine rings is 1.